The van der Waals surface area contributed by atoms with Gasteiger partial charge in [-0.1, -0.05) is 11.6 Å². The number of halogens is 4. The first-order valence-corrected chi connectivity index (χ1v) is 7.35. The standard InChI is InChI=1S/C14H17ClF2N2O2.ClH/c15-10-6-13-12(20-8-21-13)5-9(10)11(7-14(16)17)19-3-1-18-2-4-19;/h5-6,11,14,18H,1-4,7-8H2;1H/t11-;/m1./s1. The first-order chi connectivity index (χ1) is 10.1. The van der Waals surface area contributed by atoms with E-state index in [2.05, 4.69) is 5.32 Å². The molecule has 0 unspecified atom stereocenters. The number of benzene rings is 1. The molecule has 2 heterocycles. The van der Waals surface area contributed by atoms with Crippen molar-refractivity contribution in [3.05, 3.63) is 22.7 Å². The van der Waals surface area contributed by atoms with E-state index in [9.17, 15) is 8.78 Å². The highest BCUT2D eigenvalue weighted by Crippen LogP contribution is 2.41. The fourth-order valence-corrected chi connectivity index (χ4v) is 3.10. The fraction of sp³-hybridized carbons (Fsp3) is 0.571. The molecule has 2 aliphatic heterocycles. The van der Waals surface area contributed by atoms with Crippen LogP contribution in [0.25, 0.3) is 0 Å². The Hall–Kier alpha value is -0.820. The van der Waals surface area contributed by atoms with E-state index in [0.29, 0.717) is 22.1 Å². The van der Waals surface area contributed by atoms with Crippen LogP contribution in [0.5, 0.6) is 11.5 Å². The minimum absolute atomic E-state index is 0. The summed E-state index contributed by atoms with van der Waals surface area (Å²) in [5.41, 5.74) is 0.683. The Morgan fingerprint density at radius 2 is 1.82 bits per heavy atom. The van der Waals surface area contributed by atoms with Gasteiger partial charge in [0.15, 0.2) is 11.5 Å². The van der Waals surface area contributed by atoms with Crippen molar-refractivity contribution in [2.75, 3.05) is 33.0 Å². The van der Waals surface area contributed by atoms with Crippen LogP contribution in [0.2, 0.25) is 5.02 Å². The molecule has 0 spiro atoms. The zero-order valence-corrected chi connectivity index (χ0v) is 13.4. The van der Waals surface area contributed by atoms with Crippen LogP contribution in [0.15, 0.2) is 12.1 Å². The van der Waals surface area contributed by atoms with Gasteiger partial charge in [0.2, 0.25) is 13.2 Å². The molecule has 0 aromatic heterocycles. The van der Waals surface area contributed by atoms with Crippen LogP contribution in [-0.2, 0) is 0 Å². The molecule has 0 bridgehead atoms. The molecule has 0 amide bonds. The summed E-state index contributed by atoms with van der Waals surface area (Å²) in [6, 6.07) is 2.98. The Morgan fingerprint density at radius 1 is 1.18 bits per heavy atom. The Labute approximate surface area is 139 Å². The highest BCUT2D eigenvalue weighted by Gasteiger charge is 2.29. The van der Waals surface area contributed by atoms with Gasteiger partial charge in [0.05, 0.1) is 0 Å². The second kappa shape index (κ2) is 7.64. The maximum atomic E-state index is 13.0. The van der Waals surface area contributed by atoms with Crippen molar-refractivity contribution in [2.24, 2.45) is 0 Å². The molecule has 1 saturated heterocycles. The highest BCUT2D eigenvalue weighted by atomic mass is 35.5. The van der Waals surface area contributed by atoms with Crippen LogP contribution in [-0.4, -0.2) is 44.3 Å². The van der Waals surface area contributed by atoms with Crippen LogP contribution < -0.4 is 14.8 Å². The summed E-state index contributed by atoms with van der Waals surface area (Å²) in [4.78, 5) is 2.05. The van der Waals surface area contributed by atoms with Gasteiger partial charge in [-0.05, 0) is 11.6 Å². The fourth-order valence-electron chi connectivity index (χ4n) is 2.82. The predicted octanol–water partition coefficient (Wildman–Crippen LogP) is 3.09. The van der Waals surface area contributed by atoms with Crippen LogP contribution >= 0.6 is 24.0 Å². The quantitative estimate of drug-likeness (QED) is 0.900. The number of alkyl halides is 2. The van der Waals surface area contributed by atoms with E-state index in [4.69, 9.17) is 21.1 Å². The van der Waals surface area contributed by atoms with Crippen molar-refractivity contribution < 1.29 is 18.3 Å². The maximum absolute atomic E-state index is 13.0. The molecule has 1 aromatic carbocycles. The number of hydrogen-bond donors (Lipinski definition) is 1. The van der Waals surface area contributed by atoms with Gasteiger partial charge in [0.25, 0.3) is 0 Å². The molecule has 3 rings (SSSR count). The third-order valence-corrected chi connectivity index (χ3v) is 4.17. The van der Waals surface area contributed by atoms with Gasteiger partial charge in [-0.2, -0.15) is 0 Å². The van der Waals surface area contributed by atoms with E-state index in [0.717, 1.165) is 26.2 Å². The van der Waals surface area contributed by atoms with Crippen molar-refractivity contribution in [3.63, 3.8) is 0 Å². The summed E-state index contributed by atoms with van der Waals surface area (Å²) in [5, 5.41) is 3.67. The van der Waals surface area contributed by atoms with Crippen LogP contribution in [0.3, 0.4) is 0 Å². The van der Waals surface area contributed by atoms with Crippen molar-refractivity contribution in [2.45, 2.75) is 18.9 Å². The van der Waals surface area contributed by atoms with Crippen molar-refractivity contribution >= 4 is 24.0 Å². The summed E-state index contributed by atoms with van der Waals surface area (Å²) in [6.45, 7) is 3.18. The number of fused-ring (bicyclic) bond motifs is 1. The molecular formula is C14H18Cl2F2N2O2. The molecule has 1 fully saturated rings. The normalized spacial score (nSPS) is 19.1. The summed E-state index contributed by atoms with van der Waals surface area (Å²) < 4.78 is 36.6. The molecule has 0 aliphatic carbocycles. The first kappa shape index (κ1) is 17.5. The molecule has 1 N–H and O–H groups in total. The van der Waals surface area contributed by atoms with E-state index in [-0.39, 0.29) is 25.6 Å². The van der Waals surface area contributed by atoms with E-state index in [1.54, 1.807) is 12.1 Å². The average Bonchev–Trinajstić information content (AvgIpc) is 2.92. The molecule has 0 radical (unpaired) electrons. The van der Waals surface area contributed by atoms with Gasteiger partial charge in [0.1, 0.15) is 0 Å². The van der Waals surface area contributed by atoms with Gasteiger partial charge in [0, 0.05) is 49.7 Å². The van der Waals surface area contributed by atoms with Crippen LogP contribution in [0.4, 0.5) is 8.78 Å². The average molecular weight is 355 g/mol. The summed E-state index contributed by atoms with van der Waals surface area (Å²) in [5.74, 6) is 1.14. The Morgan fingerprint density at radius 3 is 2.45 bits per heavy atom. The van der Waals surface area contributed by atoms with Crippen molar-refractivity contribution in [3.8, 4) is 11.5 Å². The summed E-state index contributed by atoms with van der Waals surface area (Å²) >= 11 is 6.28. The molecule has 22 heavy (non-hydrogen) atoms. The number of ether oxygens (including phenoxy) is 2. The highest BCUT2D eigenvalue weighted by molar-refractivity contribution is 6.31. The predicted molar refractivity (Wildman–Crippen MR) is 82.6 cm³/mol. The third-order valence-electron chi connectivity index (χ3n) is 3.84. The molecule has 0 saturated carbocycles. The van der Waals surface area contributed by atoms with E-state index in [1.165, 1.54) is 0 Å². The van der Waals surface area contributed by atoms with Crippen molar-refractivity contribution in [1.29, 1.82) is 0 Å². The zero-order chi connectivity index (χ0) is 14.8. The van der Waals surface area contributed by atoms with Gasteiger partial charge in [-0.15, -0.1) is 12.4 Å². The second-order valence-electron chi connectivity index (χ2n) is 5.16. The number of hydrogen-bond acceptors (Lipinski definition) is 4. The van der Waals surface area contributed by atoms with Crippen molar-refractivity contribution in [1.82, 2.24) is 10.2 Å². The minimum atomic E-state index is -2.38. The number of nitrogens with one attached hydrogen (secondary N) is 1. The van der Waals surface area contributed by atoms with Gasteiger partial charge >= 0.3 is 0 Å². The summed E-state index contributed by atoms with van der Waals surface area (Å²) in [7, 11) is 0. The van der Waals surface area contributed by atoms with Crippen LogP contribution in [0, 0.1) is 0 Å². The van der Waals surface area contributed by atoms with Gasteiger partial charge < -0.3 is 14.8 Å². The molecule has 4 nitrogen and oxygen atoms in total. The smallest absolute Gasteiger partial charge is 0.240 e. The first-order valence-electron chi connectivity index (χ1n) is 6.97. The van der Waals surface area contributed by atoms with Gasteiger partial charge in [-0.3, -0.25) is 4.90 Å². The molecular weight excluding hydrogens is 337 g/mol. The Bertz CT molecular complexity index is 514. The van der Waals surface area contributed by atoms with Crippen LogP contribution in [0.1, 0.15) is 18.0 Å². The third kappa shape index (κ3) is 3.74. The summed E-state index contributed by atoms with van der Waals surface area (Å²) in [6.07, 6.45) is -2.62. The molecule has 1 atom stereocenters. The topological polar surface area (TPSA) is 33.7 Å². The Balaban J connectivity index is 0.00000176. The lowest BCUT2D eigenvalue weighted by atomic mass is 10.0. The monoisotopic (exact) mass is 354 g/mol. The molecule has 1 aromatic rings. The van der Waals surface area contributed by atoms with E-state index in [1.807, 2.05) is 4.90 Å². The lowest BCUT2D eigenvalue weighted by molar-refractivity contribution is 0.0738. The number of rotatable bonds is 4. The molecule has 2 aliphatic rings. The molecule has 8 heteroatoms. The second-order valence-corrected chi connectivity index (χ2v) is 5.56. The maximum Gasteiger partial charge on any atom is 0.240 e. The largest absolute Gasteiger partial charge is 0.454 e. The lowest BCUT2D eigenvalue weighted by Crippen LogP contribution is -2.45. The van der Waals surface area contributed by atoms with E-state index < -0.39 is 12.5 Å². The zero-order valence-electron chi connectivity index (χ0n) is 11.9. The Kier molecular flexibility index (Phi) is 6.09. The SMILES string of the molecule is Cl.FC(F)C[C@H](c1cc2c(cc1Cl)OCO2)N1CCNCC1. The lowest BCUT2D eigenvalue weighted by Gasteiger charge is -2.35. The molecule has 124 valence electrons. The van der Waals surface area contributed by atoms with Gasteiger partial charge in [-0.25, -0.2) is 8.78 Å². The number of piperazine rings is 1. The minimum Gasteiger partial charge on any atom is -0.454 e. The number of nitrogens with zero attached hydrogens (tertiary/aromatic N) is 1. The van der Waals surface area contributed by atoms with E-state index >= 15 is 0 Å².